The Hall–Kier alpha value is -1.16. The van der Waals surface area contributed by atoms with E-state index in [9.17, 15) is 8.42 Å². The molecule has 0 atom stereocenters. The predicted octanol–water partition coefficient (Wildman–Crippen LogP) is 1.06. The Bertz CT molecular complexity index is 692. The molecule has 21 heavy (non-hydrogen) atoms. The van der Waals surface area contributed by atoms with Crippen LogP contribution < -0.4 is 10.0 Å². The lowest BCUT2D eigenvalue weighted by Gasteiger charge is -2.14. The summed E-state index contributed by atoms with van der Waals surface area (Å²) < 4.78 is 29.3. The molecule has 0 fully saturated rings. The van der Waals surface area contributed by atoms with Gasteiger partial charge in [0.05, 0.1) is 0 Å². The lowest BCUT2D eigenvalue weighted by Crippen LogP contribution is -2.33. The van der Waals surface area contributed by atoms with Crippen molar-refractivity contribution >= 4 is 32.1 Å². The summed E-state index contributed by atoms with van der Waals surface area (Å²) >= 11 is 1.41. The number of hydrogen-bond acceptors (Lipinski definition) is 6. The first-order valence-electron chi connectivity index (χ1n) is 6.87. The normalized spacial score (nSPS) is 12.4. The predicted molar refractivity (Wildman–Crippen MR) is 85.6 cm³/mol. The van der Waals surface area contributed by atoms with Gasteiger partial charge in [0.25, 0.3) is 10.0 Å². The highest BCUT2D eigenvalue weighted by atomic mass is 32.2. The molecule has 0 bridgehead atoms. The summed E-state index contributed by atoms with van der Waals surface area (Å²) in [5.41, 5.74) is 0. The van der Waals surface area contributed by atoms with Gasteiger partial charge >= 0.3 is 0 Å². The Kier molecular flexibility index (Phi) is 5.20. The molecule has 0 amide bonds. The van der Waals surface area contributed by atoms with Gasteiger partial charge in [-0.3, -0.25) is 4.40 Å². The molecule has 118 valence electrons. The average molecular weight is 331 g/mol. The van der Waals surface area contributed by atoms with E-state index in [1.165, 1.54) is 11.3 Å². The van der Waals surface area contributed by atoms with Crippen LogP contribution in [0.15, 0.2) is 16.6 Å². The van der Waals surface area contributed by atoms with Gasteiger partial charge in [-0.1, -0.05) is 6.92 Å². The smallest absolute Gasteiger partial charge is 0.260 e. The zero-order valence-electron chi connectivity index (χ0n) is 12.5. The van der Waals surface area contributed by atoms with Crippen molar-refractivity contribution in [2.24, 2.45) is 0 Å². The highest BCUT2D eigenvalue weighted by Gasteiger charge is 2.25. The van der Waals surface area contributed by atoms with Crippen molar-refractivity contribution < 1.29 is 8.42 Å². The molecule has 9 heteroatoms. The first-order valence-corrected chi connectivity index (χ1v) is 9.23. The van der Waals surface area contributed by atoms with Gasteiger partial charge in [0.1, 0.15) is 0 Å². The quantitative estimate of drug-likeness (QED) is 0.756. The molecule has 0 aliphatic rings. The first kappa shape index (κ1) is 16.2. The van der Waals surface area contributed by atoms with Crippen LogP contribution in [-0.2, 0) is 10.0 Å². The number of nitrogens with zero attached hydrogens (tertiary/aromatic N) is 3. The SMILES string of the molecule is CCNc1nc2sccn2c1S(=O)(=O)NCCN(C)CC. The van der Waals surface area contributed by atoms with Gasteiger partial charge in [-0.15, -0.1) is 11.3 Å². The number of sulfonamides is 1. The van der Waals surface area contributed by atoms with E-state index >= 15 is 0 Å². The van der Waals surface area contributed by atoms with Gasteiger partial charge in [-0.05, 0) is 20.5 Å². The third kappa shape index (κ3) is 3.54. The molecule has 2 N–H and O–H groups in total. The number of aromatic nitrogens is 2. The van der Waals surface area contributed by atoms with E-state index in [1.807, 2.05) is 31.2 Å². The molecule has 0 aliphatic carbocycles. The summed E-state index contributed by atoms with van der Waals surface area (Å²) in [4.78, 5) is 7.04. The van der Waals surface area contributed by atoms with Crippen LogP contribution in [0.25, 0.3) is 4.96 Å². The van der Waals surface area contributed by atoms with Crippen LogP contribution in [0.1, 0.15) is 13.8 Å². The second-order valence-corrected chi connectivity index (χ2v) is 7.20. The van der Waals surface area contributed by atoms with E-state index in [-0.39, 0.29) is 5.03 Å². The van der Waals surface area contributed by atoms with Gasteiger partial charge in [0, 0.05) is 31.2 Å². The van der Waals surface area contributed by atoms with Gasteiger partial charge in [-0.25, -0.2) is 18.1 Å². The molecule has 0 aromatic carbocycles. The van der Waals surface area contributed by atoms with Crippen molar-refractivity contribution in [1.82, 2.24) is 19.0 Å². The largest absolute Gasteiger partial charge is 0.368 e. The van der Waals surface area contributed by atoms with E-state index in [2.05, 4.69) is 15.0 Å². The van der Waals surface area contributed by atoms with Gasteiger partial charge in [0.15, 0.2) is 15.8 Å². The highest BCUT2D eigenvalue weighted by Crippen LogP contribution is 2.25. The molecule has 0 radical (unpaired) electrons. The van der Waals surface area contributed by atoms with Gasteiger partial charge in [-0.2, -0.15) is 0 Å². The van der Waals surface area contributed by atoms with Crippen molar-refractivity contribution in [2.75, 3.05) is 38.5 Å². The summed E-state index contributed by atoms with van der Waals surface area (Å²) in [7, 11) is -1.65. The molecule has 7 nitrogen and oxygen atoms in total. The first-order chi connectivity index (χ1) is 9.99. The van der Waals surface area contributed by atoms with Crippen LogP contribution in [0.2, 0.25) is 0 Å². The lowest BCUT2D eigenvalue weighted by molar-refractivity contribution is 0.358. The van der Waals surface area contributed by atoms with E-state index in [0.717, 1.165) is 6.54 Å². The van der Waals surface area contributed by atoms with Crippen molar-refractivity contribution in [3.63, 3.8) is 0 Å². The van der Waals surface area contributed by atoms with Crippen molar-refractivity contribution in [2.45, 2.75) is 18.9 Å². The minimum absolute atomic E-state index is 0.180. The molecule has 2 aromatic rings. The Labute approximate surface area is 129 Å². The number of anilines is 1. The van der Waals surface area contributed by atoms with E-state index in [4.69, 9.17) is 0 Å². The molecule has 0 saturated carbocycles. The van der Waals surface area contributed by atoms with Crippen LogP contribution in [0.4, 0.5) is 5.82 Å². The molecule has 0 aliphatic heterocycles. The second kappa shape index (κ2) is 6.73. The number of nitrogens with one attached hydrogen (secondary N) is 2. The third-order valence-electron chi connectivity index (χ3n) is 3.14. The number of likely N-dealkylation sites (N-methyl/N-ethyl adjacent to an activating group) is 1. The maximum Gasteiger partial charge on any atom is 0.260 e. The monoisotopic (exact) mass is 331 g/mol. The molecule has 2 heterocycles. The van der Waals surface area contributed by atoms with Crippen LogP contribution in [0.5, 0.6) is 0 Å². The molecule has 0 spiro atoms. The minimum atomic E-state index is -3.60. The minimum Gasteiger partial charge on any atom is -0.368 e. The van der Waals surface area contributed by atoms with E-state index in [0.29, 0.717) is 30.4 Å². The fourth-order valence-corrected chi connectivity index (χ4v) is 3.95. The van der Waals surface area contributed by atoms with Crippen molar-refractivity contribution in [3.05, 3.63) is 11.6 Å². The Morgan fingerprint density at radius 2 is 2.19 bits per heavy atom. The van der Waals surface area contributed by atoms with Crippen molar-refractivity contribution in [1.29, 1.82) is 0 Å². The number of hydrogen-bond donors (Lipinski definition) is 2. The number of thiazole rings is 1. The summed E-state index contributed by atoms with van der Waals surface area (Å²) in [6.45, 7) is 6.47. The van der Waals surface area contributed by atoms with Gasteiger partial charge in [0.2, 0.25) is 0 Å². The topological polar surface area (TPSA) is 78.7 Å². The Balaban J connectivity index is 2.25. The lowest BCUT2D eigenvalue weighted by atomic mass is 10.5. The fourth-order valence-electron chi connectivity index (χ4n) is 1.90. The zero-order chi connectivity index (χ0) is 15.5. The van der Waals surface area contributed by atoms with Crippen LogP contribution in [0.3, 0.4) is 0 Å². The summed E-state index contributed by atoms with van der Waals surface area (Å²) in [5, 5.41) is 5.01. The summed E-state index contributed by atoms with van der Waals surface area (Å²) in [5.74, 6) is 0.403. The Morgan fingerprint density at radius 3 is 2.86 bits per heavy atom. The summed E-state index contributed by atoms with van der Waals surface area (Å²) in [6, 6.07) is 0. The second-order valence-electron chi connectivity index (χ2n) is 4.65. The van der Waals surface area contributed by atoms with Gasteiger partial charge < -0.3 is 10.2 Å². The van der Waals surface area contributed by atoms with Crippen LogP contribution in [-0.4, -0.2) is 55.9 Å². The number of fused-ring (bicyclic) bond motifs is 1. The maximum absolute atomic E-state index is 12.5. The number of rotatable bonds is 8. The Morgan fingerprint density at radius 1 is 1.43 bits per heavy atom. The molecular weight excluding hydrogens is 310 g/mol. The van der Waals surface area contributed by atoms with Crippen LogP contribution in [0, 0.1) is 0 Å². The third-order valence-corrected chi connectivity index (χ3v) is 5.38. The van der Waals surface area contributed by atoms with E-state index in [1.54, 1.807) is 10.6 Å². The summed E-state index contributed by atoms with van der Waals surface area (Å²) in [6.07, 6.45) is 1.72. The fraction of sp³-hybridized carbons (Fsp3) is 0.583. The van der Waals surface area contributed by atoms with E-state index < -0.39 is 10.0 Å². The molecular formula is C12H21N5O2S2. The highest BCUT2D eigenvalue weighted by molar-refractivity contribution is 7.89. The maximum atomic E-state index is 12.5. The van der Waals surface area contributed by atoms with Crippen LogP contribution >= 0.6 is 11.3 Å². The molecule has 2 aromatic heterocycles. The number of imidazole rings is 1. The molecule has 0 unspecified atom stereocenters. The molecule has 2 rings (SSSR count). The molecule has 0 saturated heterocycles. The standard InChI is InChI=1S/C12H21N5O2S2/c1-4-13-10-11(17-8-9-20-12(17)15-10)21(18,19)14-6-7-16(3)5-2/h8-9,13-14H,4-7H2,1-3H3. The average Bonchev–Trinajstić information content (AvgIpc) is 2.98. The zero-order valence-corrected chi connectivity index (χ0v) is 14.1. The van der Waals surface area contributed by atoms with Crippen molar-refractivity contribution in [3.8, 4) is 0 Å².